The summed E-state index contributed by atoms with van der Waals surface area (Å²) in [5, 5.41) is 5.02. The molecule has 1 N–H and O–H groups in total. The highest BCUT2D eigenvalue weighted by Crippen LogP contribution is 2.33. The number of amides is 3. The van der Waals surface area contributed by atoms with Crippen LogP contribution in [-0.4, -0.2) is 93.7 Å². The monoisotopic (exact) mass is 756 g/mol. The van der Waals surface area contributed by atoms with Gasteiger partial charge in [0.15, 0.2) is 0 Å². The van der Waals surface area contributed by atoms with Gasteiger partial charge in [-0.1, -0.05) is 18.7 Å². The summed E-state index contributed by atoms with van der Waals surface area (Å²) in [4.78, 5) is 50.8. The molecular weight excluding hydrogens is 709 g/mol. The molecule has 0 spiro atoms. The van der Waals surface area contributed by atoms with Crippen LogP contribution in [0.15, 0.2) is 85.5 Å². The number of ether oxygens (including phenoxy) is 3. The fourth-order valence-electron chi connectivity index (χ4n) is 7.92. The molecule has 2 fully saturated rings. The molecule has 1 atom stereocenters. The van der Waals surface area contributed by atoms with Crippen molar-refractivity contribution in [3.05, 3.63) is 96.6 Å². The van der Waals surface area contributed by atoms with E-state index in [2.05, 4.69) is 68.7 Å². The second-order valence-corrected chi connectivity index (χ2v) is 15.0. The van der Waals surface area contributed by atoms with Gasteiger partial charge in [-0.05, 0) is 99.9 Å². The van der Waals surface area contributed by atoms with Gasteiger partial charge in [-0.2, -0.15) is 0 Å². The number of aromatic nitrogens is 3. The largest absolute Gasteiger partial charge is 0.494 e. The van der Waals surface area contributed by atoms with E-state index >= 15 is 0 Å². The maximum atomic E-state index is 13.1. The van der Waals surface area contributed by atoms with E-state index in [4.69, 9.17) is 14.2 Å². The van der Waals surface area contributed by atoms with Gasteiger partial charge < -0.3 is 24.1 Å². The molecule has 3 amide bonds. The normalized spacial score (nSPS) is 17.4. The van der Waals surface area contributed by atoms with E-state index in [9.17, 15) is 14.4 Å². The van der Waals surface area contributed by atoms with Crippen molar-refractivity contribution in [2.45, 2.75) is 63.5 Å². The third kappa shape index (κ3) is 7.89. The number of likely N-dealkylation sites (tertiary alicyclic amines) is 1. The number of hydrogen-bond donors (Lipinski definition) is 1. The van der Waals surface area contributed by atoms with Gasteiger partial charge in [0.1, 0.15) is 17.9 Å². The highest BCUT2D eigenvalue weighted by atomic mass is 16.5. The van der Waals surface area contributed by atoms with Crippen molar-refractivity contribution < 1.29 is 28.6 Å². The van der Waals surface area contributed by atoms with Crippen LogP contribution in [0, 0.1) is 0 Å². The van der Waals surface area contributed by atoms with Crippen molar-refractivity contribution in [2.24, 2.45) is 7.05 Å². The summed E-state index contributed by atoms with van der Waals surface area (Å²) in [6.45, 7) is 8.70. The first kappa shape index (κ1) is 37.3. The highest BCUT2D eigenvalue weighted by Gasteiger charge is 2.44. The standard InChI is InChI=1S/C44H48N6O6/c1-29-9-15-39(42(51)47-29)50-43(52)35-14-12-32(24-36(35)44(50)53)55-22-8-4-7-21-54-20-6-3-5-19-49-27-33(28-49)56-41-16-11-31(25-46-41)30-10-13-34-37-26-45-18-17-38(37)48(2)40(34)23-30/h10-14,16-18,23-26,33,39H,1,3-9,15,19-22,27-28H2,2H3,(H,47,51). The van der Waals surface area contributed by atoms with Crippen LogP contribution in [0.3, 0.4) is 0 Å². The molecular formula is C44H48N6O6. The zero-order valence-electron chi connectivity index (χ0n) is 31.9. The topological polar surface area (TPSA) is 128 Å². The van der Waals surface area contributed by atoms with Crippen molar-refractivity contribution in [1.82, 2.24) is 29.7 Å². The second kappa shape index (κ2) is 16.6. The summed E-state index contributed by atoms with van der Waals surface area (Å²) < 4.78 is 20.1. The molecule has 56 heavy (non-hydrogen) atoms. The Labute approximate surface area is 326 Å². The lowest BCUT2D eigenvalue weighted by Crippen LogP contribution is -2.53. The summed E-state index contributed by atoms with van der Waals surface area (Å²) in [5.74, 6) is -0.0638. The third-order valence-electron chi connectivity index (χ3n) is 11.1. The summed E-state index contributed by atoms with van der Waals surface area (Å²) >= 11 is 0. The van der Waals surface area contributed by atoms with Crippen LogP contribution in [0.2, 0.25) is 0 Å². The summed E-state index contributed by atoms with van der Waals surface area (Å²) in [5.41, 5.74) is 5.72. The molecule has 8 rings (SSSR count). The fraction of sp³-hybridized carbons (Fsp3) is 0.386. The van der Waals surface area contributed by atoms with Crippen LogP contribution in [0.25, 0.3) is 32.9 Å². The van der Waals surface area contributed by atoms with E-state index < -0.39 is 17.9 Å². The maximum absolute atomic E-state index is 13.1. The quantitative estimate of drug-likeness (QED) is 0.0817. The van der Waals surface area contributed by atoms with Gasteiger partial charge in [0.2, 0.25) is 11.8 Å². The van der Waals surface area contributed by atoms with Crippen LogP contribution in [-0.2, 0) is 16.6 Å². The number of unbranched alkanes of at least 4 members (excludes halogenated alkanes) is 4. The molecule has 3 aliphatic heterocycles. The molecule has 0 bridgehead atoms. The second-order valence-electron chi connectivity index (χ2n) is 15.0. The van der Waals surface area contributed by atoms with Gasteiger partial charge in [0.25, 0.3) is 11.8 Å². The number of piperidine rings is 1. The lowest BCUT2D eigenvalue weighted by Gasteiger charge is -2.38. The minimum Gasteiger partial charge on any atom is -0.494 e. The Kier molecular flexibility index (Phi) is 11.1. The number of hydrogen-bond acceptors (Lipinski definition) is 9. The molecule has 12 nitrogen and oxygen atoms in total. The molecule has 3 aromatic heterocycles. The number of rotatable bonds is 17. The molecule has 3 aliphatic rings. The molecule has 6 heterocycles. The summed E-state index contributed by atoms with van der Waals surface area (Å²) in [7, 11) is 2.09. The molecule has 12 heteroatoms. The minimum absolute atomic E-state index is 0.177. The van der Waals surface area contributed by atoms with Crippen molar-refractivity contribution in [1.29, 1.82) is 0 Å². The SMILES string of the molecule is C=C1CCC(N2C(=O)c3ccc(OCCCCCOCCCCCN4CC(Oc5ccc(-c6ccc7c8cnccc8n(C)c7c6)cn5)C4)cc3C2=O)C(=O)N1. The summed E-state index contributed by atoms with van der Waals surface area (Å²) in [6, 6.07) is 16.7. The Bertz CT molecular complexity index is 2260. The van der Waals surface area contributed by atoms with Crippen LogP contribution in [0.5, 0.6) is 11.6 Å². The molecule has 5 aromatic rings. The minimum atomic E-state index is -0.822. The Hall–Kier alpha value is -5.59. The zero-order chi connectivity index (χ0) is 38.6. The number of benzene rings is 2. The number of aryl methyl sites for hydroxylation is 1. The first-order valence-electron chi connectivity index (χ1n) is 19.7. The molecule has 0 aliphatic carbocycles. The van der Waals surface area contributed by atoms with Gasteiger partial charge in [-0.15, -0.1) is 0 Å². The van der Waals surface area contributed by atoms with E-state index in [1.807, 2.05) is 24.7 Å². The van der Waals surface area contributed by atoms with E-state index in [0.717, 1.165) is 92.8 Å². The number of nitrogens with zero attached hydrogens (tertiary/aromatic N) is 5. The lowest BCUT2D eigenvalue weighted by molar-refractivity contribution is -0.125. The van der Waals surface area contributed by atoms with Crippen LogP contribution in [0.1, 0.15) is 72.1 Å². The van der Waals surface area contributed by atoms with Crippen molar-refractivity contribution >= 4 is 39.5 Å². The third-order valence-corrected chi connectivity index (χ3v) is 11.1. The van der Waals surface area contributed by atoms with E-state index in [0.29, 0.717) is 42.3 Å². The first-order chi connectivity index (χ1) is 27.3. The van der Waals surface area contributed by atoms with Crippen LogP contribution in [0.4, 0.5) is 0 Å². The highest BCUT2D eigenvalue weighted by molar-refractivity contribution is 6.23. The van der Waals surface area contributed by atoms with Crippen molar-refractivity contribution in [2.75, 3.05) is 39.5 Å². The van der Waals surface area contributed by atoms with Gasteiger partial charge in [0, 0.05) is 85.6 Å². The Morgan fingerprint density at radius 3 is 2.39 bits per heavy atom. The number of pyridine rings is 2. The first-order valence-corrected chi connectivity index (χ1v) is 19.7. The van der Waals surface area contributed by atoms with Crippen LogP contribution < -0.4 is 14.8 Å². The fourth-order valence-corrected chi connectivity index (χ4v) is 7.92. The Balaban J connectivity index is 0.652. The molecule has 2 saturated heterocycles. The average Bonchev–Trinajstić information content (AvgIpc) is 3.62. The van der Waals surface area contributed by atoms with E-state index in [1.165, 1.54) is 16.4 Å². The number of allylic oxidation sites excluding steroid dienone is 1. The van der Waals surface area contributed by atoms with Crippen LogP contribution >= 0.6 is 0 Å². The number of imide groups is 1. The van der Waals surface area contributed by atoms with Crippen molar-refractivity contribution in [3.63, 3.8) is 0 Å². The predicted molar refractivity (Wildman–Crippen MR) is 214 cm³/mol. The Morgan fingerprint density at radius 1 is 0.804 bits per heavy atom. The van der Waals surface area contributed by atoms with Crippen molar-refractivity contribution in [3.8, 4) is 22.8 Å². The maximum Gasteiger partial charge on any atom is 0.262 e. The number of fused-ring (bicyclic) bond motifs is 4. The summed E-state index contributed by atoms with van der Waals surface area (Å²) in [6.07, 6.45) is 12.9. The average molecular weight is 757 g/mol. The number of carbonyl (C=O) groups excluding carboxylic acids is 3. The number of nitrogens with one attached hydrogen (secondary N) is 1. The van der Waals surface area contributed by atoms with E-state index in [1.54, 1.807) is 18.2 Å². The molecule has 290 valence electrons. The van der Waals surface area contributed by atoms with Gasteiger partial charge in [-0.3, -0.25) is 29.2 Å². The molecule has 2 aromatic carbocycles. The van der Waals surface area contributed by atoms with E-state index in [-0.39, 0.29) is 17.6 Å². The zero-order valence-corrected chi connectivity index (χ0v) is 31.9. The predicted octanol–water partition coefficient (Wildman–Crippen LogP) is 6.68. The Morgan fingerprint density at radius 2 is 1.59 bits per heavy atom. The molecule has 1 unspecified atom stereocenters. The smallest absolute Gasteiger partial charge is 0.262 e. The van der Waals surface area contributed by atoms with Gasteiger partial charge >= 0.3 is 0 Å². The number of carbonyl (C=O) groups is 3. The lowest BCUT2D eigenvalue weighted by atomic mass is 10.0. The van der Waals surface area contributed by atoms with Gasteiger partial charge in [-0.25, -0.2) is 4.98 Å². The molecule has 0 radical (unpaired) electrons. The molecule has 0 saturated carbocycles. The van der Waals surface area contributed by atoms with Gasteiger partial charge in [0.05, 0.1) is 23.3 Å².